The molecule has 0 amide bonds. The lowest BCUT2D eigenvalue weighted by molar-refractivity contribution is -0.173. The van der Waals surface area contributed by atoms with Crippen molar-refractivity contribution in [2.24, 2.45) is 0 Å². The Hall–Kier alpha value is -0.660. The molecule has 1 aromatic rings. The Morgan fingerprint density at radius 2 is 2.11 bits per heavy atom. The van der Waals surface area contributed by atoms with Gasteiger partial charge in [-0.1, -0.05) is 6.92 Å². The molecule has 0 aliphatic rings. The molecule has 0 aromatic carbocycles. The minimum atomic E-state index is -4.26. The number of rotatable bonds is 7. The molecule has 0 fully saturated rings. The molecule has 1 N–H and O–H groups in total. The summed E-state index contributed by atoms with van der Waals surface area (Å²) in [6.45, 7) is 5.70. The van der Waals surface area contributed by atoms with Gasteiger partial charge in [-0.25, -0.2) is 4.98 Å². The highest BCUT2D eigenvalue weighted by Crippen LogP contribution is 2.25. The van der Waals surface area contributed by atoms with Crippen molar-refractivity contribution in [1.82, 2.24) is 10.3 Å². The van der Waals surface area contributed by atoms with Crippen molar-refractivity contribution in [2.75, 3.05) is 19.8 Å². The number of hydrogen-bond donors (Lipinski definition) is 1. The van der Waals surface area contributed by atoms with Gasteiger partial charge in [-0.15, -0.1) is 11.3 Å². The van der Waals surface area contributed by atoms with Crippen LogP contribution in [0, 0.1) is 6.92 Å². The lowest BCUT2D eigenvalue weighted by Crippen LogP contribution is -2.17. The van der Waals surface area contributed by atoms with Crippen LogP contribution in [0.2, 0.25) is 0 Å². The molecular weight excluding hydrogens is 277 g/mol. The molecule has 7 heteroatoms. The molecule has 1 heterocycles. The summed E-state index contributed by atoms with van der Waals surface area (Å²) in [6, 6.07) is 0.215. The molecule has 0 saturated heterocycles. The predicted octanol–water partition coefficient (Wildman–Crippen LogP) is 3.24. The molecule has 0 bridgehead atoms. The largest absolute Gasteiger partial charge is 0.411 e. The van der Waals surface area contributed by atoms with E-state index in [2.05, 4.69) is 15.0 Å². The maximum atomic E-state index is 11.9. The molecule has 0 saturated carbocycles. The molecular formula is C12H19F3N2OS. The van der Waals surface area contributed by atoms with Gasteiger partial charge >= 0.3 is 6.18 Å². The molecule has 1 rings (SSSR count). The molecule has 1 atom stereocenters. The van der Waals surface area contributed by atoms with Crippen LogP contribution < -0.4 is 5.32 Å². The van der Waals surface area contributed by atoms with Gasteiger partial charge in [-0.05, 0) is 20.4 Å². The van der Waals surface area contributed by atoms with E-state index in [1.54, 1.807) is 0 Å². The average molecular weight is 296 g/mol. The number of alkyl halides is 3. The zero-order valence-electron chi connectivity index (χ0n) is 11.3. The number of thiazole rings is 1. The molecule has 0 spiro atoms. The lowest BCUT2D eigenvalue weighted by atomic mass is 10.2. The molecule has 0 aliphatic heterocycles. The van der Waals surface area contributed by atoms with Crippen LogP contribution in [0.25, 0.3) is 0 Å². The van der Waals surface area contributed by atoms with Crippen molar-refractivity contribution in [3.05, 3.63) is 15.6 Å². The Morgan fingerprint density at radius 3 is 2.68 bits per heavy atom. The van der Waals surface area contributed by atoms with Gasteiger partial charge in [0.05, 0.1) is 17.3 Å². The Kier molecular flexibility index (Phi) is 6.22. The smallest absolute Gasteiger partial charge is 0.372 e. The standard InChI is InChI=1S/C12H19F3N2OS/c1-4-16-8(2)11-9(3)17-10(19-11)5-6-18-7-12(13,14)15/h8,16H,4-7H2,1-3H3. The van der Waals surface area contributed by atoms with Gasteiger partial charge < -0.3 is 10.1 Å². The average Bonchev–Trinajstić information content (AvgIpc) is 2.65. The Morgan fingerprint density at radius 1 is 1.42 bits per heavy atom. The highest BCUT2D eigenvalue weighted by Gasteiger charge is 2.27. The summed E-state index contributed by atoms with van der Waals surface area (Å²) in [7, 11) is 0. The third-order valence-corrected chi connectivity index (χ3v) is 3.91. The number of nitrogens with zero attached hydrogens (tertiary/aromatic N) is 1. The van der Waals surface area contributed by atoms with E-state index >= 15 is 0 Å². The number of aromatic nitrogens is 1. The van der Waals surface area contributed by atoms with Crippen LogP contribution in [-0.2, 0) is 11.2 Å². The second-order valence-electron chi connectivity index (χ2n) is 4.25. The quantitative estimate of drug-likeness (QED) is 0.784. The van der Waals surface area contributed by atoms with Crippen LogP contribution >= 0.6 is 11.3 Å². The van der Waals surface area contributed by atoms with E-state index in [4.69, 9.17) is 0 Å². The maximum Gasteiger partial charge on any atom is 0.411 e. The molecule has 110 valence electrons. The second kappa shape index (κ2) is 7.21. The first-order valence-electron chi connectivity index (χ1n) is 6.17. The van der Waals surface area contributed by atoms with E-state index in [1.807, 2.05) is 20.8 Å². The van der Waals surface area contributed by atoms with Gasteiger partial charge in [0.25, 0.3) is 0 Å². The Bertz CT molecular complexity index is 393. The summed E-state index contributed by atoms with van der Waals surface area (Å²) in [5.41, 5.74) is 0.935. The minimum Gasteiger partial charge on any atom is -0.372 e. The summed E-state index contributed by atoms with van der Waals surface area (Å²) < 4.78 is 40.3. The number of nitrogens with one attached hydrogen (secondary N) is 1. The second-order valence-corrected chi connectivity index (χ2v) is 5.37. The van der Waals surface area contributed by atoms with Gasteiger partial charge in [-0.2, -0.15) is 13.2 Å². The molecule has 3 nitrogen and oxygen atoms in total. The van der Waals surface area contributed by atoms with E-state index in [-0.39, 0.29) is 12.6 Å². The number of ether oxygens (including phenoxy) is 1. The zero-order valence-corrected chi connectivity index (χ0v) is 12.1. The number of hydrogen-bond acceptors (Lipinski definition) is 4. The van der Waals surface area contributed by atoms with E-state index in [1.165, 1.54) is 11.3 Å². The van der Waals surface area contributed by atoms with E-state index < -0.39 is 12.8 Å². The van der Waals surface area contributed by atoms with Crippen LogP contribution in [0.15, 0.2) is 0 Å². The van der Waals surface area contributed by atoms with Crippen molar-refractivity contribution in [3.63, 3.8) is 0 Å². The predicted molar refractivity (Wildman–Crippen MR) is 69.5 cm³/mol. The van der Waals surface area contributed by atoms with Crippen LogP contribution in [0.3, 0.4) is 0 Å². The highest BCUT2D eigenvalue weighted by molar-refractivity contribution is 7.11. The normalized spacial score (nSPS) is 13.8. The first-order chi connectivity index (χ1) is 8.83. The molecule has 0 radical (unpaired) electrons. The van der Waals surface area contributed by atoms with Crippen LogP contribution in [0.1, 0.15) is 35.5 Å². The highest BCUT2D eigenvalue weighted by atomic mass is 32.1. The number of halogens is 3. The van der Waals surface area contributed by atoms with Gasteiger partial charge in [0, 0.05) is 17.3 Å². The van der Waals surface area contributed by atoms with E-state index in [0.717, 1.165) is 22.1 Å². The fourth-order valence-electron chi connectivity index (χ4n) is 1.72. The van der Waals surface area contributed by atoms with Crippen LogP contribution in [0.5, 0.6) is 0 Å². The monoisotopic (exact) mass is 296 g/mol. The van der Waals surface area contributed by atoms with Gasteiger partial charge in [0.2, 0.25) is 0 Å². The number of aryl methyl sites for hydroxylation is 1. The summed E-state index contributed by atoms with van der Waals surface area (Å²) in [6.07, 6.45) is -3.84. The van der Waals surface area contributed by atoms with Gasteiger partial charge in [0.1, 0.15) is 6.61 Å². The molecule has 1 aromatic heterocycles. The third kappa shape index (κ3) is 5.88. The van der Waals surface area contributed by atoms with Crippen molar-refractivity contribution >= 4 is 11.3 Å². The zero-order chi connectivity index (χ0) is 14.5. The lowest BCUT2D eigenvalue weighted by Gasteiger charge is -2.10. The fourth-order valence-corrected chi connectivity index (χ4v) is 2.80. The van der Waals surface area contributed by atoms with Gasteiger partial charge in [0.15, 0.2) is 0 Å². The first kappa shape index (κ1) is 16.4. The molecule has 19 heavy (non-hydrogen) atoms. The summed E-state index contributed by atoms with van der Waals surface area (Å²) in [5.74, 6) is 0. The summed E-state index contributed by atoms with van der Waals surface area (Å²) in [4.78, 5) is 5.50. The SMILES string of the molecule is CCNC(C)c1sc(CCOCC(F)(F)F)nc1C. The molecule has 0 aliphatic carbocycles. The van der Waals surface area contributed by atoms with E-state index in [0.29, 0.717) is 6.42 Å². The molecule has 1 unspecified atom stereocenters. The summed E-state index contributed by atoms with van der Waals surface area (Å²) >= 11 is 1.53. The van der Waals surface area contributed by atoms with E-state index in [9.17, 15) is 13.2 Å². The summed E-state index contributed by atoms with van der Waals surface area (Å²) in [5, 5.41) is 4.11. The first-order valence-corrected chi connectivity index (χ1v) is 6.99. The topological polar surface area (TPSA) is 34.1 Å². The van der Waals surface area contributed by atoms with Crippen molar-refractivity contribution < 1.29 is 17.9 Å². The fraction of sp³-hybridized carbons (Fsp3) is 0.750. The minimum absolute atomic E-state index is 0.0431. The van der Waals surface area contributed by atoms with Crippen LogP contribution in [0.4, 0.5) is 13.2 Å². The van der Waals surface area contributed by atoms with Crippen LogP contribution in [-0.4, -0.2) is 30.9 Å². The Labute approximate surface area is 115 Å². The Balaban J connectivity index is 2.45. The van der Waals surface area contributed by atoms with Gasteiger partial charge in [-0.3, -0.25) is 0 Å². The van der Waals surface area contributed by atoms with Crippen molar-refractivity contribution in [3.8, 4) is 0 Å². The maximum absolute atomic E-state index is 11.9. The van der Waals surface area contributed by atoms with Crippen molar-refractivity contribution in [2.45, 2.75) is 39.4 Å². The van der Waals surface area contributed by atoms with Crippen molar-refractivity contribution in [1.29, 1.82) is 0 Å². The third-order valence-electron chi connectivity index (χ3n) is 2.51.